The van der Waals surface area contributed by atoms with Crippen molar-refractivity contribution in [3.63, 3.8) is 0 Å². The van der Waals surface area contributed by atoms with Crippen molar-refractivity contribution < 1.29 is 80.2 Å². The highest BCUT2D eigenvalue weighted by molar-refractivity contribution is 7.47. The smallest absolute Gasteiger partial charge is 0.462 e. The molecule has 0 aliphatic rings. The fourth-order valence-corrected chi connectivity index (χ4v) is 11.4. The van der Waals surface area contributed by atoms with Gasteiger partial charge in [0.05, 0.1) is 26.4 Å². The highest BCUT2D eigenvalue weighted by atomic mass is 31.2. The van der Waals surface area contributed by atoms with Crippen LogP contribution >= 0.6 is 15.6 Å². The Kier molecular flexibility index (Phi) is 57.1. The summed E-state index contributed by atoms with van der Waals surface area (Å²) in [6.45, 7) is 9.41. The van der Waals surface area contributed by atoms with Gasteiger partial charge in [-0.15, -0.1) is 0 Å². The molecule has 0 radical (unpaired) electrons. The first-order valence-electron chi connectivity index (χ1n) is 34.5. The Hall–Kier alpha value is -1.94. The van der Waals surface area contributed by atoms with Crippen molar-refractivity contribution in [2.75, 3.05) is 39.6 Å². The number of carbonyl (C=O) groups excluding carboxylic acids is 4. The second-order valence-corrected chi connectivity index (χ2v) is 27.5. The molecule has 0 heterocycles. The van der Waals surface area contributed by atoms with Crippen LogP contribution in [0.2, 0.25) is 0 Å². The number of hydrogen-bond donors (Lipinski definition) is 3. The van der Waals surface area contributed by atoms with Crippen LogP contribution in [0.5, 0.6) is 0 Å². The molecule has 3 N–H and O–H groups in total. The lowest BCUT2D eigenvalue weighted by atomic mass is 10.00. The molecule has 0 amide bonds. The zero-order chi connectivity index (χ0) is 62.9. The van der Waals surface area contributed by atoms with Gasteiger partial charge >= 0.3 is 39.5 Å². The van der Waals surface area contributed by atoms with E-state index in [1.165, 1.54) is 141 Å². The molecule has 0 saturated carbocycles. The van der Waals surface area contributed by atoms with Gasteiger partial charge in [-0.1, -0.05) is 279 Å². The minimum atomic E-state index is -4.95. The van der Waals surface area contributed by atoms with Gasteiger partial charge in [-0.3, -0.25) is 37.3 Å². The van der Waals surface area contributed by atoms with Crippen LogP contribution in [0.3, 0.4) is 0 Å². The zero-order valence-electron chi connectivity index (χ0n) is 54.9. The molecule has 0 aliphatic heterocycles. The molecular formula is C66H128O17P2. The molecule has 0 aliphatic carbocycles. The highest BCUT2D eigenvalue weighted by Crippen LogP contribution is 2.45. The van der Waals surface area contributed by atoms with E-state index < -0.39 is 97.5 Å². The van der Waals surface area contributed by atoms with E-state index in [1.54, 1.807) is 0 Å². The van der Waals surface area contributed by atoms with Gasteiger partial charge < -0.3 is 33.8 Å². The first-order chi connectivity index (χ1) is 40.9. The number of phosphoric ester groups is 2. The largest absolute Gasteiger partial charge is 0.472 e. The van der Waals surface area contributed by atoms with E-state index in [1.807, 2.05) is 0 Å². The van der Waals surface area contributed by atoms with Crippen LogP contribution < -0.4 is 0 Å². The molecule has 0 aromatic heterocycles. The maximum absolute atomic E-state index is 13.0. The topological polar surface area (TPSA) is 237 Å². The molecule has 19 heteroatoms. The minimum Gasteiger partial charge on any atom is -0.462 e. The van der Waals surface area contributed by atoms with Gasteiger partial charge in [0, 0.05) is 25.7 Å². The van der Waals surface area contributed by atoms with Crippen LogP contribution in [0.1, 0.15) is 330 Å². The van der Waals surface area contributed by atoms with Crippen molar-refractivity contribution in [3.8, 4) is 0 Å². The summed E-state index contributed by atoms with van der Waals surface area (Å²) in [6.07, 6.45) is 41.7. The molecule has 0 rings (SSSR count). The first kappa shape index (κ1) is 83.1. The summed E-state index contributed by atoms with van der Waals surface area (Å²) in [6, 6.07) is 0. The lowest BCUT2D eigenvalue weighted by Gasteiger charge is -2.21. The van der Waals surface area contributed by atoms with Crippen LogP contribution in [0, 0.1) is 11.8 Å². The summed E-state index contributed by atoms with van der Waals surface area (Å²) in [5.74, 6) is -0.705. The molecule has 0 aromatic carbocycles. The summed E-state index contributed by atoms with van der Waals surface area (Å²) in [5, 5.41) is 10.5. The second kappa shape index (κ2) is 58.4. The van der Waals surface area contributed by atoms with Crippen LogP contribution in [-0.4, -0.2) is 96.7 Å². The van der Waals surface area contributed by atoms with Crippen LogP contribution in [-0.2, 0) is 65.4 Å². The predicted octanol–water partition coefficient (Wildman–Crippen LogP) is 18.4. The first-order valence-corrected chi connectivity index (χ1v) is 37.5. The van der Waals surface area contributed by atoms with Crippen LogP contribution in [0.4, 0.5) is 0 Å². The molecule has 0 spiro atoms. The molecule has 0 aromatic rings. The third kappa shape index (κ3) is 59.5. The van der Waals surface area contributed by atoms with Crippen molar-refractivity contribution in [2.45, 2.75) is 349 Å². The van der Waals surface area contributed by atoms with Crippen molar-refractivity contribution in [1.82, 2.24) is 0 Å². The van der Waals surface area contributed by atoms with Gasteiger partial charge in [-0.25, -0.2) is 9.13 Å². The quantitative estimate of drug-likeness (QED) is 0.0222. The fraction of sp³-hybridized carbons (Fsp3) is 0.939. The number of aliphatic hydroxyl groups is 1. The van der Waals surface area contributed by atoms with Gasteiger partial charge in [-0.05, 0) is 37.5 Å². The molecule has 17 nitrogen and oxygen atoms in total. The number of hydrogen-bond acceptors (Lipinski definition) is 15. The molecule has 0 fully saturated rings. The molecule has 0 bridgehead atoms. The van der Waals surface area contributed by atoms with Crippen molar-refractivity contribution >= 4 is 39.5 Å². The van der Waals surface area contributed by atoms with Crippen molar-refractivity contribution in [2.24, 2.45) is 11.8 Å². The third-order valence-corrected chi connectivity index (χ3v) is 17.5. The maximum atomic E-state index is 13.0. The van der Waals surface area contributed by atoms with E-state index >= 15 is 0 Å². The summed E-state index contributed by atoms with van der Waals surface area (Å²) in [7, 11) is -9.89. The number of carbonyl (C=O) groups is 4. The van der Waals surface area contributed by atoms with E-state index in [2.05, 4.69) is 41.5 Å². The van der Waals surface area contributed by atoms with E-state index in [4.69, 9.17) is 37.0 Å². The number of esters is 4. The third-order valence-electron chi connectivity index (χ3n) is 15.6. The van der Waals surface area contributed by atoms with Crippen LogP contribution in [0.15, 0.2) is 0 Å². The Morgan fingerprint density at radius 3 is 0.894 bits per heavy atom. The molecular weight excluding hydrogens is 1130 g/mol. The summed E-state index contributed by atoms with van der Waals surface area (Å²) >= 11 is 0. The normalized spacial score (nSPS) is 14.6. The van der Waals surface area contributed by atoms with Gasteiger partial charge in [0.15, 0.2) is 12.2 Å². The van der Waals surface area contributed by atoms with Gasteiger partial charge in [0.2, 0.25) is 0 Å². The number of aliphatic hydroxyl groups excluding tert-OH is 1. The Bertz CT molecular complexity index is 1670. The number of ether oxygens (including phenoxy) is 4. The number of unbranched alkanes of at least 4 members (excludes halogenated alkanes) is 34. The van der Waals surface area contributed by atoms with Crippen molar-refractivity contribution in [3.05, 3.63) is 0 Å². The predicted molar refractivity (Wildman–Crippen MR) is 340 cm³/mol. The highest BCUT2D eigenvalue weighted by Gasteiger charge is 2.30. The summed E-state index contributed by atoms with van der Waals surface area (Å²) in [5.41, 5.74) is 0. The Balaban J connectivity index is 5.25. The molecule has 85 heavy (non-hydrogen) atoms. The minimum absolute atomic E-state index is 0.103. The van der Waals surface area contributed by atoms with E-state index in [0.29, 0.717) is 31.6 Å². The zero-order valence-corrected chi connectivity index (χ0v) is 56.7. The van der Waals surface area contributed by atoms with Gasteiger partial charge in [0.1, 0.15) is 19.3 Å². The SMILES string of the molecule is CCCCCCCCCCCCCCCCC(=O)O[C@H](COC(=O)CCCCCCCCCCCCC)COP(=O)(O)OC[C@@H](O)COP(=O)(O)OC[C@@H](COC(=O)CCCCCCCCC(C)CC)OC(=O)CCCCCCCCCC(C)C. The standard InChI is InChI=1S/C66H128O17P2/c1-7-10-12-14-16-18-20-21-22-24-26-30-38-44-50-65(70)82-61(54-76-63(68)48-42-36-29-25-23-19-17-15-13-11-8-2)56-80-84(72,73)78-52-60(67)53-79-85(74,75)81-57-62(83-66(71)51-45-39-31-27-28-34-40-46-58(4)5)55-77-64(69)49-43-37-33-32-35-41-47-59(6)9-3/h58-62,67H,7-57H2,1-6H3,(H,72,73)(H,74,75)/t59?,60-,61-,62-/m1/s1. The summed E-state index contributed by atoms with van der Waals surface area (Å²) in [4.78, 5) is 72.3. The maximum Gasteiger partial charge on any atom is 0.472 e. The molecule has 0 saturated heterocycles. The average molecular weight is 1260 g/mol. The number of rotatable bonds is 65. The molecule has 3 unspecified atom stereocenters. The van der Waals surface area contributed by atoms with Crippen molar-refractivity contribution in [1.29, 1.82) is 0 Å². The number of phosphoric acid groups is 2. The van der Waals surface area contributed by atoms with Crippen LogP contribution in [0.25, 0.3) is 0 Å². The van der Waals surface area contributed by atoms with E-state index in [9.17, 15) is 43.2 Å². The van der Waals surface area contributed by atoms with E-state index in [0.717, 1.165) is 102 Å². The lowest BCUT2D eigenvalue weighted by molar-refractivity contribution is -0.161. The van der Waals surface area contributed by atoms with Gasteiger partial charge in [0.25, 0.3) is 0 Å². The van der Waals surface area contributed by atoms with Gasteiger partial charge in [-0.2, -0.15) is 0 Å². The Labute approximate surface area is 517 Å². The lowest BCUT2D eigenvalue weighted by Crippen LogP contribution is -2.30. The molecule has 6 atom stereocenters. The Morgan fingerprint density at radius 2 is 0.600 bits per heavy atom. The fourth-order valence-electron chi connectivity index (χ4n) is 9.85. The monoisotopic (exact) mass is 1250 g/mol. The Morgan fingerprint density at radius 1 is 0.341 bits per heavy atom. The molecule has 504 valence electrons. The summed E-state index contributed by atoms with van der Waals surface area (Å²) < 4.78 is 68.1. The average Bonchev–Trinajstić information content (AvgIpc) is 3.55. The second-order valence-electron chi connectivity index (χ2n) is 24.6. The van der Waals surface area contributed by atoms with E-state index in [-0.39, 0.29) is 25.7 Å².